The van der Waals surface area contributed by atoms with E-state index in [1.807, 2.05) is 49.4 Å². The highest BCUT2D eigenvalue weighted by Crippen LogP contribution is 2.25. The summed E-state index contributed by atoms with van der Waals surface area (Å²) >= 11 is 0. The lowest BCUT2D eigenvalue weighted by molar-refractivity contribution is -0.115. The van der Waals surface area contributed by atoms with Crippen molar-refractivity contribution in [3.8, 4) is 0 Å². The first-order valence-electron chi connectivity index (χ1n) is 8.97. The van der Waals surface area contributed by atoms with Crippen LogP contribution < -0.4 is 0 Å². The standard InChI is InChI=1S/C23H24N2O/c1-17(2)20-10-12-21(13-11-20)18(3)23(26)22(25-15-7-14-24-25)16-19-8-5-4-6-9-19/h4-18H,1-3H3/b22-16-. The maximum absolute atomic E-state index is 13.2. The number of hydrogen-bond acceptors (Lipinski definition) is 2. The lowest BCUT2D eigenvalue weighted by Gasteiger charge is -2.15. The Kier molecular flexibility index (Phi) is 5.47. The number of benzene rings is 2. The third-order valence-electron chi connectivity index (χ3n) is 4.60. The highest BCUT2D eigenvalue weighted by Gasteiger charge is 2.21. The second-order valence-corrected chi connectivity index (χ2v) is 6.80. The lowest BCUT2D eigenvalue weighted by Crippen LogP contribution is -2.16. The molecule has 3 rings (SSSR count). The molecule has 3 heteroatoms. The summed E-state index contributed by atoms with van der Waals surface area (Å²) in [6.07, 6.45) is 5.39. The molecule has 1 aromatic heterocycles. The van der Waals surface area contributed by atoms with Crippen LogP contribution in [0.1, 0.15) is 49.3 Å². The number of nitrogens with zero attached hydrogens (tertiary/aromatic N) is 2. The van der Waals surface area contributed by atoms with Gasteiger partial charge in [-0.3, -0.25) is 4.79 Å². The van der Waals surface area contributed by atoms with Crippen molar-refractivity contribution in [2.75, 3.05) is 0 Å². The van der Waals surface area contributed by atoms with Crippen LogP contribution in [0.25, 0.3) is 11.8 Å². The zero-order valence-corrected chi connectivity index (χ0v) is 15.5. The Hall–Kier alpha value is -2.94. The van der Waals surface area contributed by atoms with Crippen LogP contribution in [-0.2, 0) is 4.79 Å². The predicted octanol–water partition coefficient (Wildman–Crippen LogP) is 5.38. The Morgan fingerprint density at radius 1 is 0.923 bits per heavy atom. The predicted molar refractivity (Wildman–Crippen MR) is 107 cm³/mol. The molecule has 0 fully saturated rings. The van der Waals surface area contributed by atoms with Gasteiger partial charge in [0.25, 0.3) is 0 Å². The number of allylic oxidation sites excluding steroid dienone is 1. The van der Waals surface area contributed by atoms with E-state index in [2.05, 4.69) is 43.2 Å². The number of rotatable bonds is 6. The van der Waals surface area contributed by atoms with Crippen LogP contribution in [0.2, 0.25) is 0 Å². The van der Waals surface area contributed by atoms with Crippen LogP contribution in [0, 0.1) is 0 Å². The molecule has 0 spiro atoms. The average molecular weight is 344 g/mol. The molecule has 2 aromatic carbocycles. The minimum Gasteiger partial charge on any atom is -0.292 e. The topological polar surface area (TPSA) is 34.9 Å². The van der Waals surface area contributed by atoms with Gasteiger partial charge in [0.05, 0.1) is 0 Å². The van der Waals surface area contributed by atoms with Crippen molar-refractivity contribution in [3.63, 3.8) is 0 Å². The first-order chi connectivity index (χ1) is 12.6. The molecule has 1 unspecified atom stereocenters. The molecular weight excluding hydrogens is 320 g/mol. The smallest absolute Gasteiger partial charge is 0.188 e. The quantitative estimate of drug-likeness (QED) is 0.563. The molecule has 0 aliphatic carbocycles. The summed E-state index contributed by atoms with van der Waals surface area (Å²) in [6.45, 7) is 6.29. The maximum atomic E-state index is 13.2. The number of carbonyl (C=O) groups is 1. The summed E-state index contributed by atoms with van der Waals surface area (Å²) in [4.78, 5) is 13.2. The van der Waals surface area contributed by atoms with Crippen molar-refractivity contribution in [1.82, 2.24) is 9.78 Å². The van der Waals surface area contributed by atoms with Gasteiger partial charge in [0.2, 0.25) is 0 Å². The molecule has 0 N–H and O–H groups in total. The summed E-state index contributed by atoms with van der Waals surface area (Å²) in [6, 6.07) is 20.0. The van der Waals surface area contributed by atoms with E-state index in [-0.39, 0.29) is 11.7 Å². The molecule has 26 heavy (non-hydrogen) atoms. The number of Topliss-reactive ketones (excluding diaryl/α,β-unsaturated/α-hetero) is 1. The van der Waals surface area contributed by atoms with Crippen LogP contribution in [-0.4, -0.2) is 15.6 Å². The summed E-state index contributed by atoms with van der Waals surface area (Å²) in [5.74, 6) is 0.290. The van der Waals surface area contributed by atoms with Gasteiger partial charge >= 0.3 is 0 Å². The Balaban J connectivity index is 1.93. The average Bonchev–Trinajstić information content (AvgIpc) is 3.20. The third-order valence-corrected chi connectivity index (χ3v) is 4.60. The summed E-state index contributed by atoms with van der Waals surface area (Å²) < 4.78 is 1.65. The van der Waals surface area contributed by atoms with E-state index in [1.54, 1.807) is 17.1 Å². The molecule has 1 atom stereocenters. The molecular formula is C23H24N2O. The molecule has 3 aromatic rings. The van der Waals surface area contributed by atoms with Gasteiger partial charge in [-0.15, -0.1) is 0 Å². The Bertz CT molecular complexity index is 876. The van der Waals surface area contributed by atoms with Crippen molar-refractivity contribution < 1.29 is 4.79 Å². The van der Waals surface area contributed by atoms with Crippen LogP contribution in [0.5, 0.6) is 0 Å². The van der Waals surface area contributed by atoms with Crippen molar-refractivity contribution in [2.45, 2.75) is 32.6 Å². The monoisotopic (exact) mass is 344 g/mol. The molecule has 132 valence electrons. The lowest BCUT2D eigenvalue weighted by atomic mass is 9.92. The van der Waals surface area contributed by atoms with Gasteiger partial charge in [-0.05, 0) is 34.8 Å². The van der Waals surface area contributed by atoms with Crippen LogP contribution in [0.3, 0.4) is 0 Å². The van der Waals surface area contributed by atoms with E-state index in [0.29, 0.717) is 11.6 Å². The van der Waals surface area contributed by atoms with Crippen molar-refractivity contribution in [2.24, 2.45) is 0 Å². The van der Waals surface area contributed by atoms with E-state index >= 15 is 0 Å². The Morgan fingerprint density at radius 2 is 1.58 bits per heavy atom. The largest absolute Gasteiger partial charge is 0.292 e. The molecule has 0 aliphatic rings. The summed E-state index contributed by atoms with van der Waals surface area (Å²) in [7, 11) is 0. The number of hydrogen-bond donors (Lipinski definition) is 0. The highest BCUT2D eigenvalue weighted by molar-refractivity contribution is 6.22. The highest BCUT2D eigenvalue weighted by atomic mass is 16.1. The first-order valence-corrected chi connectivity index (χ1v) is 8.97. The molecule has 0 aliphatic heterocycles. The fourth-order valence-corrected chi connectivity index (χ4v) is 2.91. The summed E-state index contributed by atoms with van der Waals surface area (Å²) in [5.41, 5.74) is 3.85. The maximum Gasteiger partial charge on any atom is 0.188 e. The molecule has 1 heterocycles. The molecule has 0 bridgehead atoms. The third kappa shape index (κ3) is 3.99. The van der Waals surface area contributed by atoms with Crippen molar-refractivity contribution in [3.05, 3.63) is 89.7 Å². The minimum atomic E-state index is -0.240. The van der Waals surface area contributed by atoms with E-state index in [9.17, 15) is 4.79 Å². The zero-order chi connectivity index (χ0) is 18.5. The van der Waals surface area contributed by atoms with E-state index in [1.165, 1.54) is 5.56 Å². The van der Waals surface area contributed by atoms with Gasteiger partial charge < -0.3 is 0 Å². The van der Waals surface area contributed by atoms with Gasteiger partial charge in [-0.25, -0.2) is 4.68 Å². The number of ketones is 1. The van der Waals surface area contributed by atoms with Crippen LogP contribution >= 0.6 is 0 Å². The Morgan fingerprint density at radius 3 is 2.15 bits per heavy atom. The minimum absolute atomic E-state index is 0.0508. The van der Waals surface area contributed by atoms with Gasteiger partial charge in [-0.2, -0.15) is 5.10 Å². The molecule has 0 amide bonds. The second-order valence-electron chi connectivity index (χ2n) is 6.80. The van der Waals surface area contributed by atoms with Crippen LogP contribution in [0.15, 0.2) is 73.1 Å². The van der Waals surface area contributed by atoms with E-state index in [4.69, 9.17) is 0 Å². The zero-order valence-electron chi connectivity index (χ0n) is 15.5. The SMILES string of the molecule is CC(C)c1ccc(C(C)C(=O)/C(=C/c2ccccc2)n2cccn2)cc1. The van der Waals surface area contributed by atoms with Crippen molar-refractivity contribution in [1.29, 1.82) is 0 Å². The number of carbonyl (C=O) groups excluding carboxylic acids is 1. The molecule has 0 radical (unpaired) electrons. The first kappa shape index (κ1) is 17.9. The fourth-order valence-electron chi connectivity index (χ4n) is 2.91. The molecule has 0 saturated carbocycles. The van der Waals surface area contributed by atoms with Crippen LogP contribution in [0.4, 0.5) is 0 Å². The number of aromatic nitrogens is 2. The summed E-state index contributed by atoms with van der Waals surface area (Å²) in [5, 5.41) is 4.27. The van der Waals surface area contributed by atoms with Gasteiger partial charge in [-0.1, -0.05) is 75.4 Å². The Labute approximate surface area is 155 Å². The van der Waals surface area contributed by atoms with Gasteiger partial charge in [0.1, 0.15) is 5.70 Å². The van der Waals surface area contributed by atoms with Gasteiger partial charge in [0.15, 0.2) is 5.78 Å². The molecule has 0 saturated heterocycles. The second kappa shape index (κ2) is 7.96. The van der Waals surface area contributed by atoms with E-state index < -0.39 is 0 Å². The molecule has 3 nitrogen and oxygen atoms in total. The van der Waals surface area contributed by atoms with E-state index in [0.717, 1.165) is 11.1 Å². The normalized spacial score (nSPS) is 13.0. The van der Waals surface area contributed by atoms with Crippen molar-refractivity contribution >= 4 is 17.6 Å². The fraction of sp³-hybridized carbons (Fsp3) is 0.217. The van der Waals surface area contributed by atoms with Gasteiger partial charge in [0, 0.05) is 18.3 Å².